The number of hydrogen-bond donors (Lipinski definition) is 1. The number of alkyl halides is 3. The maximum Gasteiger partial charge on any atom is 0.433 e. The van der Waals surface area contributed by atoms with Crippen LogP contribution in [0.25, 0.3) is 0 Å². The van der Waals surface area contributed by atoms with Crippen molar-refractivity contribution in [2.75, 3.05) is 23.8 Å². The molecule has 0 bridgehead atoms. The number of rotatable bonds is 6. The lowest BCUT2D eigenvalue weighted by molar-refractivity contribution is -0.141. The number of nitrogens with zero attached hydrogens (tertiary/aromatic N) is 10. The fourth-order valence-corrected chi connectivity index (χ4v) is 2.38. The molecule has 1 N–H and O–H groups in total. The Balaban J connectivity index is 1.88. The molecule has 3 aromatic heterocycles. The maximum absolute atomic E-state index is 13.1. The quantitative estimate of drug-likeness (QED) is 0.599. The molecule has 3 rings (SSSR count). The second kappa shape index (κ2) is 7.76. The number of amides is 1. The van der Waals surface area contributed by atoms with Gasteiger partial charge in [-0.3, -0.25) is 10.1 Å². The van der Waals surface area contributed by atoms with Gasteiger partial charge in [0.1, 0.15) is 11.5 Å². The molecule has 1 amide bonds. The summed E-state index contributed by atoms with van der Waals surface area (Å²) in [5.74, 6) is -0.422. The summed E-state index contributed by atoms with van der Waals surface area (Å²) in [7, 11) is 4.61. The number of aryl methyl sites for hydroxylation is 2. The molecule has 154 valence electrons. The van der Waals surface area contributed by atoms with Gasteiger partial charge in [0.15, 0.2) is 5.82 Å². The summed E-state index contributed by atoms with van der Waals surface area (Å²) in [6, 6.07) is 1.80. The molecule has 0 aliphatic rings. The predicted molar refractivity (Wildman–Crippen MR) is 91.8 cm³/mol. The summed E-state index contributed by atoms with van der Waals surface area (Å²) in [5.41, 5.74) is -1.19. The molecule has 0 aliphatic heterocycles. The zero-order valence-corrected chi connectivity index (χ0v) is 15.6. The molecule has 0 atom stereocenters. The van der Waals surface area contributed by atoms with Crippen molar-refractivity contribution in [1.29, 1.82) is 0 Å². The van der Waals surface area contributed by atoms with Crippen molar-refractivity contribution in [2.24, 2.45) is 14.1 Å². The van der Waals surface area contributed by atoms with E-state index in [0.717, 1.165) is 12.1 Å². The highest BCUT2D eigenvalue weighted by molar-refractivity contribution is 6.06. The third-order valence-electron chi connectivity index (χ3n) is 3.84. The molecular formula is C14H16F3N11O. The smallest absolute Gasteiger partial charge is 0.359 e. The van der Waals surface area contributed by atoms with E-state index in [1.54, 1.807) is 7.05 Å². The lowest BCUT2D eigenvalue weighted by Gasteiger charge is -2.21. The number of carbonyl (C=O) groups is 1. The summed E-state index contributed by atoms with van der Waals surface area (Å²) >= 11 is 0. The molecule has 0 aliphatic carbocycles. The molecule has 0 saturated heterocycles. The number of pyridine rings is 1. The van der Waals surface area contributed by atoms with E-state index in [9.17, 15) is 18.0 Å². The van der Waals surface area contributed by atoms with Crippen LogP contribution in [0.1, 0.15) is 21.9 Å². The SMILES string of the molecule is CN(CCc1nnn(C)n1)c1nc(C(F)(F)F)ccc1C(=O)Nc1nnnn1C. The molecule has 0 aromatic carbocycles. The largest absolute Gasteiger partial charge is 0.433 e. The van der Waals surface area contributed by atoms with E-state index in [4.69, 9.17) is 0 Å². The van der Waals surface area contributed by atoms with Crippen LogP contribution in [0.2, 0.25) is 0 Å². The number of hydrogen-bond acceptors (Lipinski definition) is 9. The zero-order valence-electron chi connectivity index (χ0n) is 15.6. The standard InChI is InChI=1S/C14H16F3N11O/c1-26(7-6-10-20-24-28(3)22-10)11-8(4-5-9(18-11)14(15,16)17)12(29)19-13-21-23-25-27(13)2/h4-5H,6-7H2,1-3H3,(H,19,21,25,29). The van der Waals surface area contributed by atoms with E-state index in [0.29, 0.717) is 5.82 Å². The predicted octanol–water partition coefficient (Wildman–Crippen LogP) is 0.0786. The second-order valence-corrected chi connectivity index (χ2v) is 6.01. The van der Waals surface area contributed by atoms with Crippen molar-refractivity contribution in [1.82, 2.24) is 45.4 Å². The van der Waals surface area contributed by atoms with Crippen molar-refractivity contribution >= 4 is 17.7 Å². The van der Waals surface area contributed by atoms with E-state index in [1.807, 2.05) is 0 Å². The number of tetrazole rings is 2. The van der Waals surface area contributed by atoms with E-state index < -0.39 is 17.8 Å². The molecule has 15 heteroatoms. The zero-order chi connectivity index (χ0) is 21.2. The Labute approximate surface area is 161 Å². The Morgan fingerprint density at radius 2 is 1.97 bits per heavy atom. The minimum absolute atomic E-state index is 0.0345. The molecule has 3 heterocycles. The summed E-state index contributed by atoms with van der Waals surface area (Å²) in [6.07, 6.45) is -4.37. The first kappa shape index (κ1) is 20.1. The van der Waals surface area contributed by atoms with Crippen LogP contribution in [-0.4, -0.2) is 64.9 Å². The monoisotopic (exact) mass is 411 g/mol. The van der Waals surface area contributed by atoms with Gasteiger partial charge in [0.25, 0.3) is 5.91 Å². The fourth-order valence-electron chi connectivity index (χ4n) is 2.38. The number of halogens is 3. The highest BCUT2D eigenvalue weighted by Gasteiger charge is 2.34. The van der Waals surface area contributed by atoms with Gasteiger partial charge in [0.2, 0.25) is 5.95 Å². The number of aromatic nitrogens is 9. The lowest BCUT2D eigenvalue weighted by Crippen LogP contribution is -2.27. The minimum Gasteiger partial charge on any atom is -0.359 e. The average Bonchev–Trinajstić information content (AvgIpc) is 3.26. The first-order chi connectivity index (χ1) is 13.6. The summed E-state index contributed by atoms with van der Waals surface area (Å²) < 4.78 is 40.6. The van der Waals surface area contributed by atoms with Gasteiger partial charge in [-0.25, -0.2) is 9.67 Å². The molecule has 29 heavy (non-hydrogen) atoms. The molecule has 3 aromatic rings. The first-order valence-electron chi connectivity index (χ1n) is 8.21. The van der Waals surface area contributed by atoms with E-state index in [1.165, 1.54) is 28.5 Å². The second-order valence-electron chi connectivity index (χ2n) is 6.01. The fraction of sp³-hybridized carbons (Fsp3) is 0.429. The number of carbonyl (C=O) groups excluding carboxylic acids is 1. The summed E-state index contributed by atoms with van der Waals surface area (Å²) in [5, 5.41) is 24.6. The molecular weight excluding hydrogens is 395 g/mol. The molecule has 0 fully saturated rings. The van der Waals surface area contributed by atoms with Gasteiger partial charge in [-0.05, 0) is 27.8 Å². The van der Waals surface area contributed by atoms with E-state index in [2.05, 4.69) is 41.2 Å². The van der Waals surface area contributed by atoms with Gasteiger partial charge in [-0.2, -0.15) is 18.0 Å². The van der Waals surface area contributed by atoms with E-state index >= 15 is 0 Å². The number of nitrogens with one attached hydrogen (secondary N) is 1. The molecule has 12 nitrogen and oxygen atoms in total. The van der Waals surface area contributed by atoms with Crippen molar-refractivity contribution < 1.29 is 18.0 Å². The van der Waals surface area contributed by atoms with Gasteiger partial charge in [-0.15, -0.1) is 10.2 Å². The minimum atomic E-state index is -4.66. The Morgan fingerprint density at radius 1 is 1.21 bits per heavy atom. The topological polar surface area (TPSA) is 132 Å². The van der Waals surface area contributed by atoms with E-state index in [-0.39, 0.29) is 30.3 Å². The first-order valence-corrected chi connectivity index (χ1v) is 8.21. The molecule has 0 radical (unpaired) electrons. The van der Waals surface area contributed by atoms with Crippen LogP contribution in [-0.2, 0) is 26.7 Å². The van der Waals surface area contributed by atoms with Crippen LogP contribution in [0.4, 0.5) is 24.9 Å². The van der Waals surface area contributed by atoms with Gasteiger partial charge < -0.3 is 4.90 Å². The Bertz CT molecular complexity index is 1010. The Hall–Kier alpha value is -3.65. The number of likely N-dealkylation sites (N-methyl/N-ethyl adjacent to an activating group) is 1. The highest BCUT2D eigenvalue weighted by Crippen LogP contribution is 2.30. The van der Waals surface area contributed by atoms with Crippen LogP contribution < -0.4 is 10.2 Å². The van der Waals surface area contributed by atoms with Gasteiger partial charge in [0.05, 0.1) is 12.6 Å². The normalized spacial score (nSPS) is 11.5. The Kier molecular flexibility index (Phi) is 5.38. The van der Waals surface area contributed by atoms with Crippen molar-refractivity contribution in [3.8, 4) is 0 Å². The summed E-state index contributed by atoms with van der Waals surface area (Å²) in [6.45, 7) is 0.200. The van der Waals surface area contributed by atoms with Crippen LogP contribution >= 0.6 is 0 Å². The van der Waals surface area contributed by atoms with Gasteiger partial charge >= 0.3 is 6.18 Å². The third-order valence-corrected chi connectivity index (χ3v) is 3.84. The molecule has 0 spiro atoms. The van der Waals surface area contributed by atoms with Crippen LogP contribution in [0.5, 0.6) is 0 Å². The van der Waals surface area contributed by atoms with Crippen molar-refractivity contribution in [3.63, 3.8) is 0 Å². The average molecular weight is 411 g/mol. The molecule has 0 saturated carbocycles. The van der Waals surface area contributed by atoms with Gasteiger partial charge in [-0.1, -0.05) is 5.10 Å². The van der Waals surface area contributed by atoms with Gasteiger partial charge in [0, 0.05) is 27.1 Å². The highest BCUT2D eigenvalue weighted by atomic mass is 19.4. The molecule has 0 unspecified atom stereocenters. The third kappa shape index (κ3) is 4.61. The van der Waals surface area contributed by atoms with Crippen LogP contribution in [0.15, 0.2) is 12.1 Å². The van der Waals surface area contributed by atoms with Crippen molar-refractivity contribution in [3.05, 3.63) is 29.2 Å². The number of anilines is 2. The van der Waals surface area contributed by atoms with Crippen molar-refractivity contribution in [2.45, 2.75) is 12.6 Å². The summed E-state index contributed by atoms with van der Waals surface area (Å²) in [4.78, 5) is 19.0. The van der Waals surface area contributed by atoms with Crippen LogP contribution in [0, 0.1) is 0 Å². The maximum atomic E-state index is 13.1. The Morgan fingerprint density at radius 3 is 2.55 bits per heavy atom. The van der Waals surface area contributed by atoms with Crippen LogP contribution in [0.3, 0.4) is 0 Å². The lowest BCUT2D eigenvalue weighted by atomic mass is 10.2.